The van der Waals surface area contributed by atoms with E-state index in [1.165, 1.54) is 0 Å². The van der Waals surface area contributed by atoms with Crippen molar-refractivity contribution in [3.05, 3.63) is 20.2 Å². The summed E-state index contributed by atoms with van der Waals surface area (Å²) in [5.74, 6) is 0.424. The summed E-state index contributed by atoms with van der Waals surface area (Å²) in [4.78, 5) is 29.0. The number of hydrogen-bond donors (Lipinski definition) is 0. The van der Waals surface area contributed by atoms with Crippen molar-refractivity contribution in [3.63, 3.8) is 0 Å². The van der Waals surface area contributed by atoms with Crippen molar-refractivity contribution in [1.29, 1.82) is 0 Å². The van der Waals surface area contributed by atoms with Gasteiger partial charge in [-0.05, 0) is 24.2 Å². The van der Waals surface area contributed by atoms with E-state index in [9.17, 15) is 20.2 Å². The molecular formula is C10H20N2O6. The predicted octanol–water partition coefficient (Wildman–Crippen LogP) is 2.23. The Morgan fingerprint density at radius 1 is 1.11 bits per heavy atom. The molecule has 1 atom stereocenters. The Morgan fingerprint density at radius 2 is 1.67 bits per heavy atom. The normalized spacial score (nSPS) is 13.2. The van der Waals surface area contributed by atoms with Crippen LogP contribution in [-0.2, 0) is 9.68 Å². The summed E-state index contributed by atoms with van der Waals surface area (Å²) in [6.45, 7) is 7.53. The zero-order valence-corrected chi connectivity index (χ0v) is 11.1. The lowest BCUT2D eigenvalue weighted by molar-refractivity contribution is -0.790. The summed E-state index contributed by atoms with van der Waals surface area (Å²) in [7, 11) is 0. The lowest BCUT2D eigenvalue weighted by Crippen LogP contribution is -2.31. The molecule has 8 nitrogen and oxygen atoms in total. The van der Waals surface area contributed by atoms with Crippen molar-refractivity contribution < 1.29 is 19.8 Å². The lowest BCUT2D eigenvalue weighted by atomic mass is 9.79. The van der Waals surface area contributed by atoms with E-state index in [0.29, 0.717) is 12.3 Å². The largest absolute Gasteiger partial charge is 0.312 e. The molecule has 0 amide bonds. The Morgan fingerprint density at radius 3 is 2.06 bits per heavy atom. The fourth-order valence-corrected chi connectivity index (χ4v) is 2.20. The maximum atomic E-state index is 10.3. The van der Waals surface area contributed by atoms with Crippen molar-refractivity contribution in [2.75, 3.05) is 6.61 Å². The highest BCUT2D eigenvalue weighted by atomic mass is 17.0. The molecule has 106 valence electrons. The highest BCUT2D eigenvalue weighted by molar-refractivity contribution is 4.74. The van der Waals surface area contributed by atoms with Gasteiger partial charge in [-0.2, -0.15) is 0 Å². The first-order chi connectivity index (χ1) is 8.12. The Bertz CT molecular complexity index is 292. The van der Waals surface area contributed by atoms with Gasteiger partial charge >= 0.3 is 0 Å². The number of hydrogen-bond acceptors (Lipinski definition) is 6. The number of rotatable bonds is 9. The molecule has 0 aliphatic heterocycles. The van der Waals surface area contributed by atoms with Gasteiger partial charge in [-0.3, -0.25) is 0 Å². The van der Waals surface area contributed by atoms with Crippen LogP contribution in [0.1, 0.15) is 40.5 Å². The van der Waals surface area contributed by atoms with Gasteiger partial charge in [0, 0.05) is 0 Å². The first-order valence-electron chi connectivity index (χ1n) is 5.71. The third kappa shape index (κ3) is 8.54. The van der Waals surface area contributed by atoms with E-state index < -0.39 is 22.9 Å². The van der Waals surface area contributed by atoms with E-state index in [1.807, 2.05) is 27.7 Å². The Kier molecular flexibility index (Phi) is 6.35. The minimum Gasteiger partial charge on any atom is -0.312 e. The summed E-state index contributed by atoms with van der Waals surface area (Å²) < 4.78 is 0. The quantitative estimate of drug-likeness (QED) is 0.467. The molecule has 0 spiro atoms. The second-order valence-corrected chi connectivity index (χ2v) is 5.44. The van der Waals surface area contributed by atoms with Crippen LogP contribution in [0.5, 0.6) is 0 Å². The lowest BCUT2D eigenvalue weighted by Gasteiger charge is -2.29. The molecule has 0 saturated heterocycles. The smallest absolute Gasteiger partial charge is 0.294 e. The fourth-order valence-electron chi connectivity index (χ4n) is 2.20. The van der Waals surface area contributed by atoms with Crippen LogP contribution in [0.25, 0.3) is 0 Å². The highest BCUT2D eigenvalue weighted by Crippen LogP contribution is 2.31. The molecule has 18 heavy (non-hydrogen) atoms. The third-order valence-electron chi connectivity index (χ3n) is 2.34. The molecule has 0 N–H and O–H groups in total. The van der Waals surface area contributed by atoms with Crippen LogP contribution >= 0.6 is 0 Å². The van der Waals surface area contributed by atoms with Crippen LogP contribution in [-0.4, -0.2) is 22.9 Å². The van der Waals surface area contributed by atoms with Crippen LogP contribution < -0.4 is 0 Å². The van der Waals surface area contributed by atoms with Crippen LogP contribution in [0, 0.1) is 31.6 Å². The van der Waals surface area contributed by atoms with E-state index in [4.69, 9.17) is 0 Å². The van der Waals surface area contributed by atoms with E-state index in [-0.39, 0.29) is 5.41 Å². The predicted molar refractivity (Wildman–Crippen MR) is 62.7 cm³/mol. The standard InChI is InChI=1S/C10H20N2O6/c1-8(2)5-10(3,4)6-9(18-12(15)16)7-17-11(13)14/h8-9H,5-7H2,1-4H3/t9-/m0/s1. The molecule has 0 aromatic heterocycles. The zero-order chi connectivity index (χ0) is 14.3. The minimum atomic E-state index is -0.980. The topological polar surface area (TPSA) is 105 Å². The SMILES string of the molecule is CC(C)CC(C)(C)C[C@@H](CO[N+](=O)[O-])O[N+](=O)[O-]. The Hall–Kier alpha value is -1.60. The molecule has 0 rings (SSSR count). The van der Waals surface area contributed by atoms with Gasteiger partial charge in [-0.15, -0.1) is 20.2 Å². The van der Waals surface area contributed by atoms with Crippen LogP contribution in [0.15, 0.2) is 0 Å². The highest BCUT2D eigenvalue weighted by Gasteiger charge is 2.27. The molecule has 0 aliphatic carbocycles. The van der Waals surface area contributed by atoms with Crippen molar-refractivity contribution in [2.24, 2.45) is 11.3 Å². The summed E-state index contributed by atoms with van der Waals surface area (Å²) in [6, 6.07) is 0. The monoisotopic (exact) mass is 264 g/mol. The van der Waals surface area contributed by atoms with Crippen LogP contribution in [0.3, 0.4) is 0 Å². The Balaban J connectivity index is 4.46. The summed E-state index contributed by atoms with van der Waals surface area (Å²) >= 11 is 0. The van der Waals surface area contributed by atoms with Crippen molar-refractivity contribution in [2.45, 2.75) is 46.6 Å². The summed E-state index contributed by atoms with van der Waals surface area (Å²) in [5.41, 5.74) is -0.213. The van der Waals surface area contributed by atoms with Gasteiger partial charge in [0.1, 0.15) is 12.7 Å². The fraction of sp³-hybridized carbons (Fsp3) is 1.00. The second-order valence-electron chi connectivity index (χ2n) is 5.44. The maximum Gasteiger partial charge on any atom is 0.294 e. The van der Waals surface area contributed by atoms with Gasteiger partial charge < -0.3 is 9.68 Å². The van der Waals surface area contributed by atoms with Gasteiger partial charge in [-0.25, -0.2) is 0 Å². The minimum absolute atomic E-state index is 0.213. The maximum absolute atomic E-state index is 10.3. The molecule has 0 unspecified atom stereocenters. The Labute approximate surface area is 105 Å². The summed E-state index contributed by atoms with van der Waals surface area (Å²) in [6.07, 6.45) is 0.224. The van der Waals surface area contributed by atoms with Crippen molar-refractivity contribution in [3.8, 4) is 0 Å². The second kappa shape index (κ2) is 6.97. The molecule has 0 aromatic carbocycles. The first-order valence-corrected chi connectivity index (χ1v) is 5.71. The zero-order valence-electron chi connectivity index (χ0n) is 11.1. The molecule has 0 aliphatic rings. The van der Waals surface area contributed by atoms with Gasteiger partial charge in [0.2, 0.25) is 0 Å². The first kappa shape index (κ1) is 16.4. The van der Waals surface area contributed by atoms with Crippen LogP contribution in [0.4, 0.5) is 0 Å². The van der Waals surface area contributed by atoms with Gasteiger partial charge in [0.15, 0.2) is 0 Å². The molecular weight excluding hydrogens is 244 g/mol. The van der Waals surface area contributed by atoms with E-state index in [0.717, 1.165) is 6.42 Å². The van der Waals surface area contributed by atoms with E-state index >= 15 is 0 Å². The van der Waals surface area contributed by atoms with E-state index in [2.05, 4.69) is 9.68 Å². The third-order valence-corrected chi connectivity index (χ3v) is 2.34. The molecule has 0 heterocycles. The average Bonchev–Trinajstić information content (AvgIpc) is 2.10. The molecule has 0 radical (unpaired) electrons. The molecule has 0 bridgehead atoms. The van der Waals surface area contributed by atoms with Crippen LogP contribution in [0.2, 0.25) is 0 Å². The molecule has 8 heteroatoms. The van der Waals surface area contributed by atoms with Crippen molar-refractivity contribution in [1.82, 2.24) is 0 Å². The number of nitrogens with zero attached hydrogens (tertiary/aromatic N) is 2. The summed E-state index contributed by atoms with van der Waals surface area (Å²) in [5, 5.41) is 18.5. The van der Waals surface area contributed by atoms with E-state index in [1.54, 1.807) is 0 Å². The molecule has 0 fully saturated rings. The van der Waals surface area contributed by atoms with Gasteiger partial charge in [0.25, 0.3) is 10.2 Å². The average molecular weight is 264 g/mol. The van der Waals surface area contributed by atoms with Gasteiger partial charge in [-0.1, -0.05) is 27.7 Å². The van der Waals surface area contributed by atoms with Gasteiger partial charge in [0.05, 0.1) is 0 Å². The molecule has 0 aromatic rings. The molecule has 0 saturated carbocycles. The van der Waals surface area contributed by atoms with Crippen molar-refractivity contribution >= 4 is 0 Å².